The molecule has 26 heavy (non-hydrogen) atoms. The van der Waals surface area contributed by atoms with E-state index < -0.39 is 10.0 Å². The largest absolute Gasteiger partial charge is 0.493 e. The molecule has 0 saturated heterocycles. The van der Waals surface area contributed by atoms with Crippen molar-refractivity contribution in [3.8, 4) is 5.75 Å². The van der Waals surface area contributed by atoms with Gasteiger partial charge in [-0.25, -0.2) is 13.1 Å². The van der Waals surface area contributed by atoms with Crippen molar-refractivity contribution in [3.05, 3.63) is 64.2 Å². The van der Waals surface area contributed by atoms with E-state index in [9.17, 15) is 8.42 Å². The molecule has 0 saturated carbocycles. The predicted octanol–water partition coefficient (Wildman–Crippen LogP) is 3.00. The monoisotopic (exact) mass is 394 g/mol. The SMILES string of the molecule is CN(C)[C@H](CNS(=O)(=O)Cc1ccccc1Cl)c1ccc2c(c1)CCO2. The molecule has 1 atom stereocenters. The molecule has 0 radical (unpaired) electrons. The standard InChI is InChI=1S/C19H23ClN2O3S/c1-22(2)18(14-7-8-19-15(11-14)9-10-25-19)12-21-26(23,24)13-16-5-3-4-6-17(16)20/h3-8,11,18,21H,9-10,12-13H2,1-2H3/t18-/m1/s1. The molecular formula is C19H23ClN2O3S. The van der Waals surface area contributed by atoms with Crippen molar-refractivity contribution in [3.63, 3.8) is 0 Å². The third-order valence-electron chi connectivity index (χ3n) is 4.52. The van der Waals surface area contributed by atoms with Crippen molar-refractivity contribution < 1.29 is 13.2 Å². The Morgan fingerprint density at radius 3 is 2.73 bits per heavy atom. The first-order chi connectivity index (χ1) is 12.4. The molecule has 0 unspecified atom stereocenters. The summed E-state index contributed by atoms with van der Waals surface area (Å²) in [6.45, 7) is 0.995. The number of sulfonamides is 1. The highest BCUT2D eigenvalue weighted by Crippen LogP contribution is 2.29. The summed E-state index contributed by atoms with van der Waals surface area (Å²) in [4.78, 5) is 2.01. The van der Waals surface area contributed by atoms with Gasteiger partial charge in [0.2, 0.25) is 10.0 Å². The average Bonchev–Trinajstić information content (AvgIpc) is 3.04. The number of hydrogen-bond acceptors (Lipinski definition) is 4. The molecule has 1 N–H and O–H groups in total. The Morgan fingerprint density at radius 2 is 2.00 bits per heavy atom. The van der Waals surface area contributed by atoms with Gasteiger partial charge >= 0.3 is 0 Å². The smallest absolute Gasteiger partial charge is 0.215 e. The number of benzene rings is 2. The van der Waals surface area contributed by atoms with E-state index in [1.165, 1.54) is 5.56 Å². The van der Waals surface area contributed by atoms with Gasteiger partial charge in [-0.15, -0.1) is 0 Å². The van der Waals surface area contributed by atoms with E-state index in [0.29, 0.717) is 23.7 Å². The maximum atomic E-state index is 12.5. The number of fused-ring (bicyclic) bond motifs is 1. The Hall–Kier alpha value is -1.60. The van der Waals surface area contributed by atoms with Crippen molar-refractivity contribution in [1.82, 2.24) is 9.62 Å². The third-order valence-corrected chi connectivity index (χ3v) is 6.19. The topological polar surface area (TPSA) is 58.6 Å². The lowest BCUT2D eigenvalue weighted by Gasteiger charge is -2.25. The van der Waals surface area contributed by atoms with Crippen LogP contribution in [0.15, 0.2) is 42.5 Å². The maximum Gasteiger partial charge on any atom is 0.215 e. The molecule has 0 spiro atoms. The first-order valence-electron chi connectivity index (χ1n) is 8.48. The van der Waals surface area contributed by atoms with Gasteiger partial charge in [0.05, 0.1) is 12.4 Å². The van der Waals surface area contributed by atoms with Gasteiger partial charge in [0.1, 0.15) is 5.75 Å². The van der Waals surface area contributed by atoms with Crippen LogP contribution in [0.1, 0.15) is 22.7 Å². The van der Waals surface area contributed by atoms with Gasteiger partial charge in [0.25, 0.3) is 0 Å². The summed E-state index contributed by atoms with van der Waals surface area (Å²) < 4.78 is 33.2. The van der Waals surface area contributed by atoms with Gasteiger partial charge in [0.15, 0.2) is 0 Å². The summed E-state index contributed by atoms with van der Waals surface area (Å²) in [6, 6.07) is 13.0. The number of likely N-dealkylation sites (N-methyl/N-ethyl adjacent to an activating group) is 1. The van der Waals surface area contributed by atoms with Crippen LogP contribution in [0.3, 0.4) is 0 Å². The number of hydrogen-bond donors (Lipinski definition) is 1. The number of nitrogens with zero attached hydrogens (tertiary/aromatic N) is 1. The fourth-order valence-electron chi connectivity index (χ4n) is 3.09. The summed E-state index contributed by atoms with van der Waals surface area (Å²) >= 11 is 6.08. The van der Waals surface area contributed by atoms with Crippen LogP contribution >= 0.6 is 11.6 Å². The maximum absolute atomic E-state index is 12.5. The van der Waals surface area contributed by atoms with Crippen LogP contribution in [-0.4, -0.2) is 40.6 Å². The van der Waals surface area contributed by atoms with Gasteiger partial charge in [-0.2, -0.15) is 0 Å². The Balaban J connectivity index is 1.71. The minimum absolute atomic E-state index is 0.0677. The minimum atomic E-state index is -3.49. The van der Waals surface area contributed by atoms with Crippen LogP contribution in [-0.2, 0) is 22.2 Å². The second kappa shape index (κ2) is 7.96. The van der Waals surface area contributed by atoms with Gasteiger partial charge in [-0.1, -0.05) is 41.9 Å². The van der Waals surface area contributed by atoms with E-state index in [1.807, 2.05) is 31.1 Å². The van der Waals surface area contributed by atoms with Gasteiger partial charge in [0, 0.05) is 24.0 Å². The molecule has 140 valence electrons. The summed E-state index contributed by atoms with van der Waals surface area (Å²) in [5.41, 5.74) is 2.84. The molecule has 7 heteroatoms. The number of ether oxygens (including phenoxy) is 1. The van der Waals surface area contributed by atoms with E-state index in [-0.39, 0.29) is 11.8 Å². The molecule has 3 rings (SSSR count). The van der Waals surface area contributed by atoms with Crippen LogP contribution in [0, 0.1) is 0 Å². The highest BCUT2D eigenvalue weighted by molar-refractivity contribution is 7.88. The molecule has 2 aromatic carbocycles. The van der Waals surface area contributed by atoms with Crippen molar-refractivity contribution in [2.24, 2.45) is 0 Å². The van der Waals surface area contributed by atoms with Gasteiger partial charge < -0.3 is 9.64 Å². The van der Waals surface area contributed by atoms with Crippen LogP contribution in [0.5, 0.6) is 5.75 Å². The third kappa shape index (κ3) is 4.57. The van der Waals surface area contributed by atoms with E-state index in [4.69, 9.17) is 16.3 Å². The molecular weight excluding hydrogens is 372 g/mol. The Morgan fingerprint density at radius 1 is 1.23 bits per heavy atom. The van der Waals surface area contributed by atoms with E-state index in [2.05, 4.69) is 10.8 Å². The predicted molar refractivity (Wildman–Crippen MR) is 104 cm³/mol. The highest BCUT2D eigenvalue weighted by atomic mass is 35.5. The summed E-state index contributed by atoms with van der Waals surface area (Å²) in [6.07, 6.45) is 0.890. The number of nitrogens with one attached hydrogen (secondary N) is 1. The molecule has 2 aromatic rings. The molecule has 0 aromatic heterocycles. The molecule has 0 aliphatic carbocycles. The number of rotatable bonds is 7. The fourth-order valence-corrected chi connectivity index (χ4v) is 4.55. The Labute approximate surface area is 160 Å². The second-order valence-corrected chi connectivity index (χ2v) is 8.86. The van der Waals surface area contributed by atoms with E-state index >= 15 is 0 Å². The lowest BCUT2D eigenvalue weighted by Crippen LogP contribution is -2.35. The van der Waals surface area contributed by atoms with E-state index in [0.717, 1.165) is 17.7 Å². The van der Waals surface area contributed by atoms with Crippen molar-refractivity contribution >= 4 is 21.6 Å². The first-order valence-corrected chi connectivity index (χ1v) is 10.5. The zero-order chi connectivity index (χ0) is 18.7. The summed E-state index contributed by atoms with van der Waals surface area (Å²) in [5.74, 6) is 0.788. The Kier molecular flexibility index (Phi) is 5.87. The van der Waals surface area contributed by atoms with Crippen LogP contribution in [0.2, 0.25) is 5.02 Å². The fraction of sp³-hybridized carbons (Fsp3) is 0.368. The molecule has 0 amide bonds. The van der Waals surface area contributed by atoms with Crippen molar-refractivity contribution in [2.75, 3.05) is 27.2 Å². The lowest BCUT2D eigenvalue weighted by atomic mass is 10.0. The molecule has 5 nitrogen and oxygen atoms in total. The number of halogens is 1. The van der Waals surface area contributed by atoms with Crippen LogP contribution in [0.4, 0.5) is 0 Å². The summed E-state index contributed by atoms with van der Waals surface area (Å²) in [7, 11) is 0.391. The van der Waals surface area contributed by atoms with E-state index in [1.54, 1.807) is 24.3 Å². The minimum Gasteiger partial charge on any atom is -0.493 e. The summed E-state index contributed by atoms with van der Waals surface area (Å²) in [5, 5.41) is 0.459. The lowest BCUT2D eigenvalue weighted by molar-refractivity contribution is 0.299. The second-order valence-electron chi connectivity index (χ2n) is 6.64. The van der Waals surface area contributed by atoms with Crippen molar-refractivity contribution in [1.29, 1.82) is 0 Å². The molecule has 0 fully saturated rings. The molecule has 0 bridgehead atoms. The van der Waals surface area contributed by atoms with Crippen LogP contribution in [0.25, 0.3) is 0 Å². The Bertz CT molecular complexity index is 884. The molecule has 1 heterocycles. The van der Waals surface area contributed by atoms with Gasteiger partial charge in [-0.3, -0.25) is 0 Å². The van der Waals surface area contributed by atoms with Crippen LogP contribution < -0.4 is 9.46 Å². The molecule has 1 aliphatic heterocycles. The quantitative estimate of drug-likeness (QED) is 0.784. The first kappa shape index (κ1) is 19.2. The normalized spacial score (nSPS) is 14.9. The highest BCUT2D eigenvalue weighted by Gasteiger charge is 2.21. The average molecular weight is 395 g/mol. The van der Waals surface area contributed by atoms with Gasteiger partial charge in [-0.05, 0) is 42.9 Å². The zero-order valence-corrected chi connectivity index (χ0v) is 16.5. The molecule has 1 aliphatic rings. The van der Waals surface area contributed by atoms with Crippen molar-refractivity contribution in [2.45, 2.75) is 18.2 Å². The zero-order valence-electron chi connectivity index (χ0n) is 14.9.